The van der Waals surface area contributed by atoms with Crippen molar-refractivity contribution < 1.29 is 29.3 Å². The number of H-pyrrole nitrogens is 1. The molecule has 49 heavy (non-hydrogen) atoms. The number of aliphatic hydroxyl groups is 1. The van der Waals surface area contributed by atoms with E-state index in [0.29, 0.717) is 31.1 Å². The first-order valence-electron chi connectivity index (χ1n) is 17.6. The zero-order chi connectivity index (χ0) is 35.0. The number of hydrogen-bond donors (Lipinski definition) is 6. The van der Waals surface area contributed by atoms with Crippen LogP contribution in [0.2, 0.25) is 0 Å². The Labute approximate surface area is 289 Å². The van der Waals surface area contributed by atoms with Gasteiger partial charge in [-0.3, -0.25) is 9.59 Å². The third-order valence-corrected chi connectivity index (χ3v) is 9.60. The summed E-state index contributed by atoms with van der Waals surface area (Å²) >= 11 is 0. The molecule has 1 aliphatic carbocycles. The molecule has 4 rings (SSSR count). The summed E-state index contributed by atoms with van der Waals surface area (Å²) in [5.74, 6) is 0.575. The summed E-state index contributed by atoms with van der Waals surface area (Å²) in [4.78, 5) is 46.4. The van der Waals surface area contributed by atoms with Crippen LogP contribution in [0.5, 0.6) is 5.75 Å². The molecule has 1 saturated carbocycles. The van der Waals surface area contributed by atoms with Crippen LogP contribution >= 0.6 is 0 Å². The molecule has 11 heteroatoms. The number of hydrogen-bond acceptors (Lipinski definition) is 6. The van der Waals surface area contributed by atoms with E-state index in [-0.39, 0.29) is 24.7 Å². The maximum atomic E-state index is 14.1. The fourth-order valence-electron chi connectivity index (χ4n) is 6.73. The number of aromatic amines is 1. The highest BCUT2D eigenvalue weighted by Crippen LogP contribution is 2.30. The minimum Gasteiger partial charge on any atom is -0.494 e. The molecular weight excluding hydrogens is 622 g/mol. The highest BCUT2D eigenvalue weighted by atomic mass is 16.5. The van der Waals surface area contributed by atoms with Gasteiger partial charge < -0.3 is 35.9 Å². The maximum Gasteiger partial charge on any atom is 0.405 e. The Hall–Kier alpha value is -4.38. The number of amides is 3. The van der Waals surface area contributed by atoms with Crippen LogP contribution in [0.1, 0.15) is 76.5 Å². The lowest BCUT2D eigenvalue weighted by Crippen LogP contribution is -2.57. The second kappa shape index (κ2) is 19.6. The van der Waals surface area contributed by atoms with Gasteiger partial charge in [-0.15, -0.1) is 0 Å². The van der Waals surface area contributed by atoms with E-state index >= 15 is 0 Å². The molecule has 0 bridgehead atoms. The molecule has 5 atom stereocenters. The number of rotatable bonds is 19. The van der Waals surface area contributed by atoms with Crippen molar-refractivity contribution in [1.29, 1.82) is 0 Å². The predicted octanol–water partition coefficient (Wildman–Crippen LogP) is 5.26. The lowest BCUT2D eigenvalue weighted by molar-refractivity contribution is -0.131. The number of imidazole rings is 1. The van der Waals surface area contributed by atoms with Crippen molar-refractivity contribution in [3.05, 3.63) is 84.4 Å². The van der Waals surface area contributed by atoms with Crippen molar-refractivity contribution in [3.63, 3.8) is 0 Å². The Kier molecular flexibility index (Phi) is 15.0. The first kappa shape index (κ1) is 37.4. The largest absolute Gasteiger partial charge is 0.494 e. The first-order valence-corrected chi connectivity index (χ1v) is 17.6. The van der Waals surface area contributed by atoms with Crippen LogP contribution in [0.25, 0.3) is 0 Å². The summed E-state index contributed by atoms with van der Waals surface area (Å²) in [5.41, 5.74) is 1.41. The van der Waals surface area contributed by atoms with Gasteiger partial charge in [0.1, 0.15) is 17.8 Å². The molecule has 1 aliphatic rings. The summed E-state index contributed by atoms with van der Waals surface area (Å²) in [5, 5.41) is 29.5. The quantitative estimate of drug-likeness (QED) is 0.101. The Morgan fingerprint density at radius 2 is 1.55 bits per heavy atom. The van der Waals surface area contributed by atoms with Crippen molar-refractivity contribution in [3.8, 4) is 5.75 Å². The van der Waals surface area contributed by atoms with Crippen LogP contribution in [0.4, 0.5) is 4.79 Å². The Morgan fingerprint density at radius 3 is 2.18 bits per heavy atom. The van der Waals surface area contributed by atoms with Gasteiger partial charge in [0.2, 0.25) is 11.8 Å². The number of carbonyl (C=O) groups excluding carboxylic acids is 2. The van der Waals surface area contributed by atoms with Crippen molar-refractivity contribution in [2.75, 3.05) is 6.61 Å². The van der Waals surface area contributed by atoms with Crippen molar-refractivity contribution >= 4 is 17.9 Å². The van der Waals surface area contributed by atoms with Gasteiger partial charge in [0.05, 0.1) is 25.1 Å². The summed E-state index contributed by atoms with van der Waals surface area (Å²) in [7, 11) is 0. The molecule has 11 nitrogen and oxygen atoms in total. The molecule has 0 spiro atoms. The molecule has 0 saturated heterocycles. The zero-order valence-corrected chi connectivity index (χ0v) is 28.7. The van der Waals surface area contributed by atoms with Crippen LogP contribution in [0.15, 0.2) is 73.2 Å². The number of aromatic nitrogens is 2. The van der Waals surface area contributed by atoms with Crippen LogP contribution in [0, 0.1) is 17.8 Å². The minimum atomic E-state index is -1.34. The van der Waals surface area contributed by atoms with E-state index in [1.807, 2.05) is 60.7 Å². The molecule has 3 aromatic rings. The second-order valence-corrected chi connectivity index (χ2v) is 13.6. The molecule has 0 aliphatic heterocycles. The number of carboxylic acid groups (broad SMARTS) is 1. The highest BCUT2D eigenvalue weighted by molar-refractivity contribution is 5.91. The first-order chi connectivity index (χ1) is 23.7. The van der Waals surface area contributed by atoms with Gasteiger partial charge in [-0.05, 0) is 54.7 Å². The third kappa shape index (κ3) is 12.9. The van der Waals surface area contributed by atoms with Crippen molar-refractivity contribution in [2.45, 2.75) is 102 Å². The Balaban J connectivity index is 1.49. The van der Waals surface area contributed by atoms with Crippen LogP contribution in [-0.2, 0) is 22.4 Å². The fourth-order valence-corrected chi connectivity index (χ4v) is 6.73. The fraction of sp³-hybridized carbons (Fsp3) is 0.526. The molecular formula is C38H53N5O6. The average molecular weight is 676 g/mol. The number of ether oxygens (including phenoxy) is 1. The zero-order valence-electron chi connectivity index (χ0n) is 28.7. The van der Waals surface area contributed by atoms with Gasteiger partial charge in [-0.1, -0.05) is 94.5 Å². The average Bonchev–Trinajstić information content (AvgIpc) is 3.61. The van der Waals surface area contributed by atoms with Gasteiger partial charge in [-0.25, -0.2) is 9.78 Å². The predicted molar refractivity (Wildman–Crippen MR) is 188 cm³/mol. The van der Waals surface area contributed by atoms with Crippen LogP contribution < -0.4 is 20.7 Å². The number of benzene rings is 2. The SMILES string of the molecule is CC(C)[C@@H](CCOc1ccccc1)C[C@@H](O)[C@H](CC1CCCCC1)NC(=O)C(Cc1cnc[nH]1)NC(=O)[C@H](Cc1ccccc1)NC(=O)O. The molecule has 3 amide bonds. The Bertz CT molecular complexity index is 1400. The second-order valence-electron chi connectivity index (χ2n) is 13.6. The van der Waals surface area contributed by atoms with E-state index in [9.17, 15) is 24.6 Å². The smallest absolute Gasteiger partial charge is 0.405 e. The molecule has 6 N–H and O–H groups in total. The standard InChI is InChI=1S/C38H53N5O6/c1-26(2)29(18-19-49-31-16-10-5-11-17-31)22-35(44)32(20-27-12-6-3-7-13-27)41-37(46)34(23-30-24-39-25-40-30)42-36(45)33(43-38(47)48)21-28-14-8-4-9-15-28/h4-5,8-11,14-17,24-27,29,32-35,43-44H,3,6-7,12-13,18-23H2,1-2H3,(H,39,40)(H,41,46)(H,42,45)(H,47,48)/t29-,32-,33-,34?,35+/m0/s1. The molecule has 2 aromatic carbocycles. The Morgan fingerprint density at radius 1 is 0.898 bits per heavy atom. The van der Waals surface area contributed by atoms with E-state index in [4.69, 9.17) is 4.74 Å². The van der Waals surface area contributed by atoms with E-state index in [0.717, 1.165) is 43.4 Å². The minimum absolute atomic E-state index is 0.111. The van der Waals surface area contributed by atoms with Gasteiger partial charge in [-0.2, -0.15) is 0 Å². The van der Waals surface area contributed by atoms with E-state index in [2.05, 4.69) is 39.8 Å². The van der Waals surface area contributed by atoms with E-state index in [1.165, 1.54) is 12.7 Å². The van der Waals surface area contributed by atoms with Crippen LogP contribution in [-0.4, -0.2) is 68.9 Å². The molecule has 266 valence electrons. The van der Waals surface area contributed by atoms with Gasteiger partial charge in [0, 0.05) is 24.7 Å². The van der Waals surface area contributed by atoms with Gasteiger partial charge in [0.15, 0.2) is 0 Å². The number of nitrogens with zero attached hydrogens (tertiary/aromatic N) is 1. The maximum absolute atomic E-state index is 14.1. The number of aliphatic hydroxyl groups excluding tert-OH is 1. The summed E-state index contributed by atoms with van der Waals surface area (Å²) < 4.78 is 5.97. The monoisotopic (exact) mass is 675 g/mol. The van der Waals surface area contributed by atoms with E-state index in [1.54, 1.807) is 6.20 Å². The summed E-state index contributed by atoms with van der Waals surface area (Å²) in [6, 6.07) is 16.1. The highest BCUT2D eigenvalue weighted by Gasteiger charge is 2.33. The lowest BCUT2D eigenvalue weighted by Gasteiger charge is -2.34. The topological polar surface area (TPSA) is 166 Å². The molecule has 1 aromatic heterocycles. The molecule has 1 fully saturated rings. The number of para-hydroxylation sites is 1. The van der Waals surface area contributed by atoms with Crippen LogP contribution in [0.3, 0.4) is 0 Å². The number of nitrogens with one attached hydrogen (secondary N) is 4. The summed E-state index contributed by atoms with van der Waals surface area (Å²) in [6.45, 7) is 4.80. The normalized spacial score (nSPS) is 16.6. The van der Waals surface area contributed by atoms with E-state index < -0.39 is 42.1 Å². The number of carbonyl (C=O) groups is 3. The summed E-state index contributed by atoms with van der Waals surface area (Å²) in [6.07, 6.45) is 8.61. The lowest BCUT2D eigenvalue weighted by atomic mass is 9.80. The molecule has 0 radical (unpaired) electrons. The van der Waals surface area contributed by atoms with Gasteiger partial charge in [0.25, 0.3) is 0 Å². The van der Waals surface area contributed by atoms with Crippen molar-refractivity contribution in [1.82, 2.24) is 25.9 Å². The van der Waals surface area contributed by atoms with Crippen molar-refractivity contribution in [2.24, 2.45) is 17.8 Å². The molecule has 1 unspecified atom stereocenters. The molecule has 1 heterocycles. The van der Waals surface area contributed by atoms with Gasteiger partial charge >= 0.3 is 6.09 Å². The third-order valence-electron chi connectivity index (χ3n) is 9.60.